The second kappa shape index (κ2) is 3.89. The molecule has 80 valence electrons. The first kappa shape index (κ1) is 9.82. The molecule has 2 nitrogen and oxygen atoms in total. The fraction of sp³-hybridized carbons (Fsp3) is 0.500. The highest BCUT2D eigenvalue weighted by molar-refractivity contribution is 9.10. The largest absolute Gasteiger partial charge is 0.371 e. The monoisotopic (exact) mass is 268 g/mol. The Labute approximate surface area is 97.7 Å². The Balaban J connectivity index is 1.55. The summed E-state index contributed by atoms with van der Waals surface area (Å²) < 4.78 is 12.4. The van der Waals surface area contributed by atoms with Gasteiger partial charge in [0, 0.05) is 4.47 Å². The number of halogens is 1. The summed E-state index contributed by atoms with van der Waals surface area (Å²) in [6, 6.07) is 8.27. The summed E-state index contributed by atoms with van der Waals surface area (Å²) in [5, 5.41) is 0. The lowest BCUT2D eigenvalue weighted by molar-refractivity contribution is 0.0160. The second-order valence-corrected chi connectivity index (χ2v) is 5.11. The van der Waals surface area contributed by atoms with E-state index in [0.717, 1.165) is 10.9 Å². The minimum Gasteiger partial charge on any atom is -0.371 e. The summed E-state index contributed by atoms with van der Waals surface area (Å²) in [5.74, 6) is 0. The number of fused-ring (bicyclic) bond motifs is 1. The molecule has 1 aliphatic heterocycles. The normalized spacial score (nSPS) is 32.7. The van der Waals surface area contributed by atoms with Gasteiger partial charge in [0.25, 0.3) is 0 Å². The third kappa shape index (κ3) is 2.10. The minimum absolute atomic E-state index is 0.332. The first-order valence-electron chi connectivity index (χ1n) is 5.34. The molecule has 1 heterocycles. The highest BCUT2D eigenvalue weighted by Crippen LogP contribution is 2.40. The van der Waals surface area contributed by atoms with Crippen LogP contribution in [0.1, 0.15) is 18.4 Å². The molecule has 1 saturated heterocycles. The van der Waals surface area contributed by atoms with Crippen LogP contribution in [-0.2, 0) is 16.1 Å². The van der Waals surface area contributed by atoms with Gasteiger partial charge in [0.15, 0.2) is 0 Å². The van der Waals surface area contributed by atoms with Gasteiger partial charge in [0.05, 0.1) is 18.8 Å². The number of epoxide rings is 1. The quantitative estimate of drug-likeness (QED) is 0.787. The molecule has 2 fully saturated rings. The van der Waals surface area contributed by atoms with Gasteiger partial charge in [0.2, 0.25) is 0 Å². The Morgan fingerprint density at radius 2 is 2.07 bits per heavy atom. The minimum atomic E-state index is 0.332. The lowest BCUT2D eigenvalue weighted by Gasteiger charge is -2.12. The van der Waals surface area contributed by atoms with Crippen molar-refractivity contribution < 1.29 is 9.47 Å². The number of ether oxygens (including phenoxy) is 2. The fourth-order valence-corrected chi connectivity index (χ4v) is 2.44. The van der Waals surface area contributed by atoms with E-state index in [1.807, 2.05) is 12.1 Å². The second-order valence-electron chi connectivity index (χ2n) is 4.19. The molecule has 0 aromatic heterocycles. The SMILES string of the molecule is Brc1ccc(COC2CCC3OC23)cc1. The first-order valence-corrected chi connectivity index (χ1v) is 6.14. The van der Waals surface area contributed by atoms with Gasteiger partial charge in [-0.05, 0) is 30.5 Å². The predicted octanol–water partition coefficient (Wildman–Crippen LogP) is 2.90. The van der Waals surface area contributed by atoms with Crippen LogP contribution in [0.2, 0.25) is 0 Å². The van der Waals surface area contributed by atoms with Crippen LogP contribution >= 0.6 is 15.9 Å². The van der Waals surface area contributed by atoms with E-state index in [1.54, 1.807) is 0 Å². The maximum atomic E-state index is 5.84. The molecule has 3 atom stereocenters. The van der Waals surface area contributed by atoms with E-state index < -0.39 is 0 Å². The zero-order valence-electron chi connectivity index (χ0n) is 8.36. The van der Waals surface area contributed by atoms with Gasteiger partial charge in [-0.25, -0.2) is 0 Å². The average Bonchev–Trinajstić information content (AvgIpc) is 2.93. The molecule has 3 unspecified atom stereocenters. The van der Waals surface area contributed by atoms with Gasteiger partial charge in [-0.2, -0.15) is 0 Å². The van der Waals surface area contributed by atoms with E-state index >= 15 is 0 Å². The third-order valence-electron chi connectivity index (χ3n) is 3.10. The molecular formula is C12H13BrO2. The van der Waals surface area contributed by atoms with E-state index in [4.69, 9.17) is 9.47 Å². The summed E-state index contributed by atoms with van der Waals surface area (Å²) in [5.41, 5.74) is 1.22. The maximum absolute atomic E-state index is 5.84. The molecule has 15 heavy (non-hydrogen) atoms. The molecule has 0 spiro atoms. The first-order chi connectivity index (χ1) is 7.33. The van der Waals surface area contributed by atoms with Crippen LogP contribution in [0.5, 0.6) is 0 Å². The lowest BCUT2D eigenvalue weighted by Crippen LogP contribution is -2.15. The van der Waals surface area contributed by atoms with Crippen molar-refractivity contribution in [1.82, 2.24) is 0 Å². The van der Waals surface area contributed by atoms with Crippen LogP contribution in [0.4, 0.5) is 0 Å². The topological polar surface area (TPSA) is 21.8 Å². The molecule has 0 bridgehead atoms. The smallest absolute Gasteiger partial charge is 0.110 e. The molecule has 0 amide bonds. The van der Waals surface area contributed by atoms with E-state index in [1.165, 1.54) is 12.0 Å². The van der Waals surface area contributed by atoms with Gasteiger partial charge in [0.1, 0.15) is 6.10 Å². The van der Waals surface area contributed by atoms with Gasteiger partial charge < -0.3 is 9.47 Å². The van der Waals surface area contributed by atoms with E-state index in [9.17, 15) is 0 Å². The molecule has 1 aromatic rings. The Hall–Kier alpha value is -0.380. The molecular weight excluding hydrogens is 256 g/mol. The number of benzene rings is 1. The van der Waals surface area contributed by atoms with Crippen molar-refractivity contribution in [2.24, 2.45) is 0 Å². The van der Waals surface area contributed by atoms with Gasteiger partial charge in [-0.1, -0.05) is 28.1 Å². The number of hydrogen-bond acceptors (Lipinski definition) is 2. The third-order valence-corrected chi connectivity index (χ3v) is 3.63. The zero-order valence-corrected chi connectivity index (χ0v) is 9.94. The van der Waals surface area contributed by atoms with E-state index in [2.05, 4.69) is 28.1 Å². The molecule has 1 aromatic carbocycles. The Bertz CT molecular complexity index is 349. The average molecular weight is 269 g/mol. The van der Waals surface area contributed by atoms with Crippen molar-refractivity contribution in [3.8, 4) is 0 Å². The summed E-state index contributed by atoms with van der Waals surface area (Å²) >= 11 is 3.42. The molecule has 3 rings (SSSR count). The van der Waals surface area contributed by atoms with Crippen molar-refractivity contribution in [3.63, 3.8) is 0 Å². The Morgan fingerprint density at radius 1 is 1.27 bits per heavy atom. The molecule has 1 aliphatic carbocycles. The number of rotatable bonds is 3. The van der Waals surface area contributed by atoms with Crippen LogP contribution in [-0.4, -0.2) is 18.3 Å². The van der Waals surface area contributed by atoms with E-state index in [-0.39, 0.29) is 0 Å². The lowest BCUT2D eigenvalue weighted by atomic mass is 10.2. The summed E-state index contributed by atoms with van der Waals surface area (Å²) in [6.07, 6.45) is 3.58. The van der Waals surface area contributed by atoms with Crippen molar-refractivity contribution >= 4 is 15.9 Å². The summed E-state index contributed by atoms with van der Waals surface area (Å²) in [4.78, 5) is 0. The van der Waals surface area contributed by atoms with Crippen molar-refractivity contribution in [1.29, 1.82) is 0 Å². The molecule has 1 saturated carbocycles. The van der Waals surface area contributed by atoms with E-state index in [0.29, 0.717) is 24.9 Å². The van der Waals surface area contributed by atoms with Gasteiger partial charge in [-0.15, -0.1) is 0 Å². The van der Waals surface area contributed by atoms with Crippen molar-refractivity contribution in [2.45, 2.75) is 37.8 Å². The highest BCUT2D eigenvalue weighted by atomic mass is 79.9. The van der Waals surface area contributed by atoms with Gasteiger partial charge in [-0.3, -0.25) is 0 Å². The summed E-state index contributed by atoms with van der Waals surface area (Å²) in [6.45, 7) is 0.699. The Kier molecular flexibility index (Phi) is 2.54. The molecule has 2 aliphatic rings. The van der Waals surface area contributed by atoms with Crippen LogP contribution in [0.15, 0.2) is 28.7 Å². The fourth-order valence-electron chi connectivity index (χ4n) is 2.17. The highest BCUT2D eigenvalue weighted by Gasteiger charge is 2.50. The summed E-state index contributed by atoms with van der Waals surface area (Å²) in [7, 11) is 0. The Morgan fingerprint density at radius 3 is 2.67 bits per heavy atom. The maximum Gasteiger partial charge on any atom is 0.110 e. The van der Waals surface area contributed by atoms with Crippen molar-refractivity contribution in [3.05, 3.63) is 34.3 Å². The molecule has 0 radical (unpaired) electrons. The van der Waals surface area contributed by atoms with Crippen LogP contribution in [0.3, 0.4) is 0 Å². The number of hydrogen-bond donors (Lipinski definition) is 0. The molecule has 0 N–H and O–H groups in total. The van der Waals surface area contributed by atoms with Crippen molar-refractivity contribution in [2.75, 3.05) is 0 Å². The van der Waals surface area contributed by atoms with Crippen LogP contribution in [0, 0.1) is 0 Å². The van der Waals surface area contributed by atoms with Crippen LogP contribution in [0.25, 0.3) is 0 Å². The molecule has 3 heteroatoms. The van der Waals surface area contributed by atoms with Gasteiger partial charge >= 0.3 is 0 Å². The standard InChI is InChI=1S/C12H13BrO2/c13-9-3-1-8(2-4-9)7-14-10-5-6-11-12(10)15-11/h1-4,10-12H,5-7H2. The predicted molar refractivity (Wildman–Crippen MR) is 60.6 cm³/mol. The zero-order chi connectivity index (χ0) is 10.3. The van der Waals surface area contributed by atoms with Crippen LogP contribution < -0.4 is 0 Å².